The molecule has 0 saturated carbocycles. The summed E-state index contributed by atoms with van der Waals surface area (Å²) in [5.41, 5.74) is 1.23. The summed E-state index contributed by atoms with van der Waals surface area (Å²) in [5, 5.41) is 9.76. The number of unbranched alkanes of at least 4 members (excludes halogenated alkanes) is 2. The summed E-state index contributed by atoms with van der Waals surface area (Å²) in [6.45, 7) is 8.99. The van der Waals surface area contributed by atoms with Crippen molar-refractivity contribution in [3.63, 3.8) is 0 Å². The molecule has 16 heavy (non-hydrogen) atoms. The number of hydrogen-bond donors (Lipinski definition) is 1. The summed E-state index contributed by atoms with van der Waals surface area (Å²) < 4.78 is 0. The van der Waals surface area contributed by atoms with Gasteiger partial charge in [0.25, 0.3) is 0 Å². The number of aliphatic hydroxyl groups is 1. The average molecular weight is 213 g/mol. The molecule has 1 atom stereocenters. The van der Waals surface area contributed by atoms with Crippen LogP contribution in [0.25, 0.3) is 4.85 Å². The molecule has 0 aliphatic carbocycles. The molecular weight excluding hydrogens is 198 g/mol. The minimum absolute atomic E-state index is 0.534. The Balaban J connectivity index is 2.68. The smallest absolute Gasteiger partial charge is 0.187 e. The van der Waals surface area contributed by atoms with Crippen LogP contribution in [0.1, 0.15) is 37.9 Å². The van der Waals surface area contributed by atoms with E-state index in [4.69, 9.17) is 6.57 Å². The fourth-order valence-corrected chi connectivity index (χ4v) is 1.28. The molecule has 0 radical (unpaired) electrons. The van der Waals surface area contributed by atoms with Crippen molar-refractivity contribution in [2.45, 2.75) is 32.3 Å². The monoisotopic (exact) mass is 213 g/mol. The molecule has 82 valence electrons. The van der Waals surface area contributed by atoms with E-state index in [0.29, 0.717) is 11.3 Å². The Morgan fingerprint density at radius 2 is 2.31 bits per heavy atom. The Labute approximate surface area is 96.7 Å². The number of hydrogen-bond acceptors (Lipinski definition) is 1. The van der Waals surface area contributed by atoms with Crippen molar-refractivity contribution in [3.8, 4) is 11.8 Å². The van der Waals surface area contributed by atoms with Crippen molar-refractivity contribution in [2.75, 3.05) is 0 Å². The molecule has 1 aromatic carbocycles. The van der Waals surface area contributed by atoms with Crippen LogP contribution in [-0.4, -0.2) is 5.11 Å². The van der Waals surface area contributed by atoms with Gasteiger partial charge in [-0.25, -0.2) is 4.85 Å². The zero-order chi connectivity index (χ0) is 11.8. The second kappa shape index (κ2) is 6.67. The second-order valence-corrected chi connectivity index (χ2v) is 3.53. The number of rotatable bonds is 3. The molecule has 2 nitrogen and oxygen atoms in total. The maximum absolute atomic E-state index is 9.76. The molecule has 1 rings (SSSR count). The van der Waals surface area contributed by atoms with E-state index in [2.05, 4.69) is 23.6 Å². The highest BCUT2D eigenvalue weighted by Gasteiger charge is 2.03. The predicted molar refractivity (Wildman–Crippen MR) is 65.0 cm³/mol. The van der Waals surface area contributed by atoms with E-state index >= 15 is 0 Å². The van der Waals surface area contributed by atoms with Crippen LogP contribution in [0.2, 0.25) is 0 Å². The summed E-state index contributed by atoms with van der Waals surface area (Å²) in [7, 11) is 0. The van der Waals surface area contributed by atoms with Crippen molar-refractivity contribution >= 4 is 5.69 Å². The molecule has 2 heteroatoms. The van der Waals surface area contributed by atoms with Crippen LogP contribution in [0.15, 0.2) is 24.3 Å². The molecule has 0 heterocycles. The maximum atomic E-state index is 9.76. The number of nitrogens with zero attached hydrogens (tertiary/aromatic N) is 1. The summed E-state index contributed by atoms with van der Waals surface area (Å²) >= 11 is 0. The van der Waals surface area contributed by atoms with Crippen LogP contribution in [0.3, 0.4) is 0 Å². The fourth-order valence-electron chi connectivity index (χ4n) is 1.28. The lowest BCUT2D eigenvalue weighted by atomic mass is 10.1. The van der Waals surface area contributed by atoms with Crippen molar-refractivity contribution in [1.29, 1.82) is 0 Å². The van der Waals surface area contributed by atoms with Crippen molar-refractivity contribution < 1.29 is 5.11 Å². The fraction of sp³-hybridized carbons (Fsp3) is 0.357. The zero-order valence-electron chi connectivity index (χ0n) is 9.40. The Morgan fingerprint density at radius 3 is 3.00 bits per heavy atom. The normalized spacial score (nSPS) is 11.1. The van der Waals surface area contributed by atoms with Crippen LogP contribution in [0.4, 0.5) is 5.69 Å². The summed E-state index contributed by atoms with van der Waals surface area (Å²) in [5.74, 6) is 5.73. The molecule has 1 N–H and O–H groups in total. The first-order valence-electron chi connectivity index (χ1n) is 5.41. The van der Waals surface area contributed by atoms with Gasteiger partial charge in [0.05, 0.1) is 6.57 Å². The van der Waals surface area contributed by atoms with Crippen molar-refractivity contribution in [2.24, 2.45) is 0 Å². The first kappa shape index (κ1) is 12.3. The van der Waals surface area contributed by atoms with Gasteiger partial charge in [0.1, 0.15) is 6.10 Å². The van der Waals surface area contributed by atoms with Crippen molar-refractivity contribution in [3.05, 3.63) is 41.2 Å². The molecule has 1 unspecified atom stereocenters. The first-order chi connectivity index (χ1) is 7.77. The van der Waals surface area contributed by atoms with E-state index in [1.165, 1.54) is 0 Å². The zero-order valence-corrected chi connectivity index (χ0v) is 9.40. The van der Waals surface area contributed by atoms with E-state index in [9.17, 15) is 5.11 Å². The lowest BCUT2D eigenvalue weighted by molar-refractivity contribution is 0.238. The second-order valence-electron chi connectivity index (χ2n) is 3.53. The number of benzene rings is 1. The molecule has 0 bridgehead atoms. The van der Waals surface area contributed by atoms with E-state index in [1.54, 1.807) is 24.3 Å². The average Bonchev–Trinajstić information content (AvgIpc) is 2.34. The molecule has 0 spiro atoms. The Kier molecular flexibility index (Phi) is 5.12. The van der Waals surface area contributed by atoms with E-state index in [-0.39, 0.29) is 0 Å². The third-order valence-corrected chi connectivity index (χ3v) is 2.21. The molecule has 0 saturated heterocycles. The first-order valence-corrected chi connectivity index (χ1v) is 5.41. The van der Waals surface area contributed by atoms with Crippen LogP contribution in [-0.2, 0) is 0 Å². The topological polar surface area (TPSA) is 24.6 Å². The van der Waals surface area contributed by atoms with E-state index < -0.39 is 6.10 Å². The van der Waals surface area contributed by atoms with Gasteiger partial charge >= 0.3 is 0 Å². The van der Waals surface area contributed by atoms with Gasteiger partial charge in [0.2, 0.25) is 0 Å². The highest BCUT2D eigenvalue weighted by Crippen LogP contribution is 2.19. The molecule has 0 fully saturated rings. The van der Waals surface area contributed by atoms with Gasteiger partial charge in [-0.1, -0.05) is 37.5 Å². The third-order valence-electron chi connectivity index (χ3n) is 2.21. The minimum atomic E-state index is -0.779. The van der Waals surface area contributed by atoms with Crippen LogP contribution in [0, 0.1) is 18.4 Å². The van der Waals surface area contributed by atoms with Crippen molar-refractivity contribution in [1.82, 2.24) is 0 Å². The highest BCUT2D eigenvalue weighted by atomic mass is 16.3. The van der Waals surface area contributed by atoms with Crippen LogP contribution in [0.5, 0.6) is 0 Å². The lowest BCUT2D eigenvalue weighted by Crippen LogP contribution is -1.92. The number of aliphatic hydroxyl groups excluding tert-OH is 1. The standard InChI is InChI=1S/C14H15NO/c1-3-4-5-6-10-14(16)12-8-7-9-13(11-12)15-2/h7-9,11,14,16H,3-5H2,1H3. The van der Waals surface area contributed by atoms with E-state index in [0.717, 1.165) is 19.3 Å². The summed E-state index contributed by atoms with van der Waals surface area (Å²) in [6.07, 6.45) is 2.20. The third kappa shape index (κ3) is 3.77. The maximum Gasteiger partial charge on any atom is 0.187 e. The van der Waals surface area contributed by atoms with Gasteiger partial charge < -0.3 is 5.11 Å². The Bertz CT molecular complexity index is 434. The molecule has 0 aromatic heterocycles. The Hall–Kier alpha value is -1.77. The largest absolute Gasteiger partial charge is 0.376 e. The molecular formula is C14H15NO. The minimum Gasteiger partial charge on any atom is -0.376 e. The Morgan fingerprint density at radius 1 is 1.50 bits per heavy atom. The molecule has 0 aliphatic rings. The molecule has 1 aromatic rings. The predicted octanol–water partition coefficient (Wildman–Crippen LogP) is 3.46. The highest BCUT2D eigenvalue weighted by molar-refractivity contribution is 5.47. The van der Waals surface area contributed by atoms with Crippen LogP contribution >= 0.6 is 0 Å². The van der Waals surface area contributed by atoms with Gasteiger partial charge in [-0.15, -0.1) is 5.92 Å². The quantitative estimate of drug-likeness (QED) is 0.464. The lowest BCUT2D eigenvalue weighted by Gasteiger charge is -2.03. The van der Waals surface area contributed by atoms with E-state index in [1.807, 2.05) is 0 Å². The van der Waals surface area contributed by atoms with Crippen LogP contribution < -0.4 is 0 Å². The van der Waals surface area contributed by atoms with Gasteiger partial charge in [0, 0.05) is 6.42 Å². The summed E-state index contributed by atoms with van der Waals surface area (Å²) in [6, 6.07) is 6.94. The molecule has 0 aliphatic heterocycles. The summed E-state index contributed by atoms with van der Waals surface area (Å²) in [4.78, 5) is 3.31. The molecule has 0 amide bonds. The van der Waals surface area contributed by atoms with Gasteiger partial charge in [-0.05, 0) is 18.1 Å². The van der Waals surface area contributed by atoms with Gasteiger partial charge in [0.15, 0.2) is 5.69 Å². The van der Waals surface area contributed by atoms with Gasteiger partial charge in [-0.2, -0.15) is 0 Å². The SMILES string of the molecule is [C-]#[N+]c1cccc(C(O)C#CCCCC)c1. The van der Waals surface area contributed by atoms with Gasteiger partial charge in [-0.3, -0.25) is 0 Å².